The maximum atomic E-state index is 12.0. The van der Waals surface area contributed by atoms with Crippen molar-refractivity contribution in [3.8, 4) is 0 Å². The highest BCUT2D eigenvalue weighted by atomic mass is 16.5. The fourth-order valence-electron chi connectivity index (χ4n) is 2.70. The molecular formula is C16H31N5O2. The van der Waals surface area contributed by atoms with Gasteiger partial charge in [-0.05, 0) is 20.0 Å². The van der Waals surface area contributed by atoms with Crippen molar-refractivity contribution in [2.24, 2.45) is 5.92 Å². The molecule has 1 rings (SSSR count). The number of methoxy groups -OCH3 is 1. The largest absolute Gasteiger partial charge is 0.383 e. The van der Waals surface area contributed by atoms with Gasteiger partial charge < -0.3 is 15.0 Å². The number of nitrogens with one attached hydrogen (secondary N) is 2. The molecule has 0 aromatic carbocycles. The number of urea groups is 1. The van der Waals surface area contributed by atoms with Crippen LogP contribution in [0.15, 0.2) is 12.3 Å². The number of carbonyl (C=O) groups is 1. The van der Waals surface area contributed by atoms with Crippen molar-refractivity contribution in [3.63, 3.8) is 0 Å². The van der Waals surface area contributed by atoms with E-state index in [0.29, 0.717) is 37.5 Å². The average Bonchev–Trinajstić information content (AvgIpc) is 2.96. The van der Waals surface area contributed by atoms with Crippen molar-refractivity contribution >= 4 is 11.8 Å². The van der Waals surface area contributed by atoms with Gasteiger partial charge in [0, 0.05) is 32.0 Å². The SMILES string of the molecule is CCC(CC)C(CNC(=O)Nc1ccn(CCOC)n1)N(C)C. The monoisotopic (exact) mass is 325 g/mol. The molecule has 0 aliphatic carbocycles. The standard InChI is InChI=1S/C16H31N5O2/c1-6-13(7-2)14(20(3)4)12-17-16(22)18-15-8-9-21(19-15)10-11-23-5/h8-9,13-14H,6-7,10-12H2,1-5H3,(H2,17,18,19,22). The van der Waals surface area contributed by atoms with Gasteiger partial charge in [-0.2, -0.15) is 5.10 Å². The van der Waals surface area contributed by atoms with Crippen molar-refractivity contribution in [1.29, 1.82) is 0 Å². The summed E-state index contributed by atoms with van der Waals surface area (Å²) in [6.07, 6.45) is 4.03. The minimum absolute atomic E-state index is 0.222. The highest BCUT2D eigenvalue weighted by Gasteiger charge is 2.21. The summed E-state index contributed by atoms with van der Waals surface area (Å²) in [5, 5.41) is 9.99. The predicted molar refractivity (Wildman–Crippen MR) is 92.7 cm³/mol. The minimum Gasteiger partial charge on any atom is -0.383 e. The van der Waals surface area contributed by atoms with Crippen LogP contribution in [0.1, 0.15) is 26.7 Å². The lowest BCUT2D eigenvalue weighted by Gasteiger charge is -2.31. The Morgan fingerprint density at radius 2 is 2.09 bits per heavy atom. The van der Waals surface area contributed by atoms with Crippen molar-refractivity contribution in [2.75, 3.05) is 39.7 Å². The van der Waals surface area contributed by atoms with Crippen molar-refractivity contribution in [3.05, 3.63) is 12.3 Å². The van der Waals surface area contributed by atoms with Crippen molar-refractivity contribution in [2.45, 2.75) is 39.3 Å². The molecule has 23 heavy (non-hydrogen) atoms. The molecule has 7 nitrogen and oxygen atoms in total. The first-order valence-electron chi connectivity index (χ1n) is 8.25. The van der Waals surface area contributed by atoms with Crippen LogP contribution in [0, 0.1) is 5.92 Å². The maximum Gasteiger partial charge on any atom is 0.320 e. The molecule has 2 amide bonds. The second-order valence-electron chi connectivity index (χ2n) is 5.90. The number of hydrogen-bond acceptors (Lipinski definition) is 4. The Bertz CT molecular complexity index is 457. The van der Waals surface area contributed by atoms with Gasteiger partial charge in [-0.1, -0.05) is 26.7 Å². The summed E-state index contributed by atoms with van der Waals surface area (Å²) in [6.45, 7) is 6.26. The quantitative estimate of drug-likeness (QED) is 0.690. The minimum atomic E-state index is -0.222. The summed E-state index contributed by atoms with van der Waals surface area (Å²) >= 11 is 0. The van der Waals surface area contributed by atoms with E-state index in [1.807, 2.05) is 6.20 Å². The van der Waals surface area contributed by atoms with Crippen LogP contribution >= 0.6 is 0 Å². The lowest BCUT2D eigenvalue weighted by atomic mass is 9.93. The first-order valence-corrected chi connectivity index (χ1v) is 8.25. The molecule has 2 N–H and O–H groups in total. The van der Waals surface area contributed by atoms with Crippen LogP contribution in [0.5, 0.6) is 0 Å². The molecule has 1 heterocycles. The summed E-state index contributed by atoms with van der Waals surface area (Å²) < 4.78 is 6.74. The van der Waals surface area contributed by atoms with Crippen LogP contribution < -0.4 is 10.6 Å². The lowest BCUT2D eigenvalue weighted by Crippen LogP contribution is -2.45. The van der Waals surface area contributed by atoms with E-state index >= 15 is 0 Å². The zero-order valence-electron chi connectivity index (χ0n) is 15.0. The van der Waals surface area contributed by atoms with Crippen LogP contribution in [0.4, 0.5) is 10.6 Å². The van der Waals surface area contributed by atoms with Crippen LogP contribution in [-0.2, 0) is 11.3 Å². The molecular weight excluding hydrogens is 294 g/mol. The van der Waals surface area contributed by atoms with E-state index in [1.165, 1.54) is 0 Å². The van der Waals surface area contributed by atoms with Gasteiger partial charge in [-0.3, -0.25) is 10.00 Å². The summed E-state index contributed by atoms with van der Waals surface area (Å²) in [5.41, 5.74) is 0. The summed E-state index contributed by atoms with van der Waals surface area (Å²) in [6, 6.07) is 1.88. The number of ether oxygens (including phenoxy) is 1. The van der Waals surface area contributed by atoms with Crippen LogP contribution in [0.25, 0.3) is 0 Å². The molecule has 0 fully saturated rings. The molecule has 0 saturated heterocycles. The molecule has 0 spiro atoms. The average molecular weight is 325 g/mol. The lowest BCUT2D eigenvalue weighted by molar-refractivity contribution is 0.183. The molecule has 0 saturated carbocycles. The molecule has 1 aromatic heterocycles. The number of aromatic nitrogens is 2. The second kappa shape index (κ2) is 10.2. The molecule has 1 aromatic rings. The normalized spacial score (nSPS) is 12.7. The van der Waals surface area contributed by atoms with E-state index in [-0.39, 0.29) is 6.03 Å². The maximum absolute atomic E-state index is 12.0. The van der Waals surface area contributed by atoms with Gasteiger partial charge in [0.15, 0.2) is 5.82 Å². The molecule has 7 heteroatoms. The fourth-order valence-corrected chi connectivity index (χ4v) is 2.70. The van der Waals surface area contributed by atoms with Gasteiger partial charge in [0.05, 0.1) is 13.2 Å². The molecule has 0 bridgehead atoms. The third-order valence-corrected chi connectivity index (χ3v) is 4.13. The number of hydrogen-bond donors (Lipinski definition) is 2. The molecule has 0 radical (unpaired) electrons. The smallest absolute Gasteiger partial charge is 0.320 e. The highest BCUT2D eigenvalue weighted by molar-refractivity contribution is 5.88. The molecule has 1 atom stereocenters. The Hall–Kier alpha value is -1.60. The third-order valence-electron chi connectivity index (χ3n) is 4.13. The van der Waals surface area contributed by atoms with E-state index in [0.717, 1.165) is 12.8 Å². The topological polar surface area (TPSA) is 71.4 Å². The molecule has 0 aliphatic heterocycles. The Morgan fingerprint density at radius 3 is 2.65 bits per heavy atom. The van der Waals surface area contributed by atoms with Gasteiger partial charge in [-0.15, -0.1) is 0 Å². The molecule has 132 valence electrons. The number of anilines is 1. The first-order chi connectivity index (χ1) is 11.0. The van der Waals surface area contributed by atoms with Gasteiger partial charge in [0.1, 0.15) is 0 Å². The second-order valence-corrected chi connectivity index (χ2v) is 5.90. The number of likely N-dealkylation sites (N-methyl/N-ethyl adjacent to an activating group) is 1. The van der Waals surface area contributed by atoms with Gasteiger partial charge in [-0.25, -0.2) is 4.79 Å². The molecule has 1 unspecified atom stereocenters. The van der Waals surface area contributed by atoms with Crippen LogP contribution in [-0.4, -0.2) is 61.1 Å². The fraction of sp³-hybridized carbons (Fsp3) is 0.750. The van der Waals surface area contributed by atoms with Crippen molar-refractivity contribution < 1.29 is 9.53 Å². The Balaban J connectivity index is 2.47. The Kier molecular flexibility index (Phi) is 8.65. The first kappa shape index (κ1) is 19.4. The van der Waals surface area contributed by atoms with Gasteiger partial charge in [0.25, 0.3) is 0 Å². The summed E-state index contributed by atoms with van der Waals surface area (Å²) in [4.78, 5) is 14.2. The summed E-state index contributed by atoms with van der Waals surface area (Å²) in [7, 11) is 5.76. The number of nitrogens with zero attached hydrogens (tertiary/aromatic N) is 3. The number of carbonyl (C=O) groups excluding carboxylic acids is 1. The van der Waals surface area contributed by atoms with Crippen molar-refractivity contribution in [1.82, 2.24) is 20.0 Å². The highest BCUT2D eigenvalue weighted by Crippen LogP contribution is 2.16. The number of rotatable bonds is 10. The number of amides is 2. The van der Waals surface area contributed by atoms with E-state index < -0.39 is 0 Å². The molecule has 0 aliphatic rings. The van der Waals surface area contributed by atoms with E-state index in [1.54, 1.807) is 17.9 Å². The Labute approximate surface area is 139 Å². The zero-order chi connectivity index (χ0) is 17.2. The van der Waals surface area contributed by atoms with Crippen LogP contribution in [0.2, 0.25) is 0 Å². The van der Waals surface area contributed by atoms with E-state index in [4.69, 9.17) is 4.74 Å². The predicted octanol–water partition coefficient (Wildman–Crippen LogP) is 2.02. The van der Waals surface area contributed by atoms with E-state index in [9.17, 15) is 4.79 Å². The van der Waals surface area contributed by atoms with E-state index in [2.05, 4.69) is 48.6 Å². The summed E-state index contributed by atoms with van der Waals surface area (Å²) in [5.74, 6) is 1.11. The van der Waals surface area contributed by atoms with Gasteiger partial charge in [0.2, 0.25) is 0 Å². The Morgan fingerprint density at radius 1 is 1.39 bits per heavy atom. The zero-order valence-corrected chi connectivity index (χ0v) is 15.0. The van der Waals surface area contributed by atoms with Gasteiger partial charge >= 0.3 is 6.03 Å². The third kappa shape index (κ3) is 6.58. The van der Waals surface area contributed by atoms with Crippen LogP contribution in [0.3, 0.4) is 0 Å².